The molecule has 0 aliphatic carbocycles. The lowest BCUT2D eigenvalue weighted by molar-refractivity contribution is 0.0695. The highest BCUT2D eigenvalue weighted by atomic mass is 35.5. The zero-order chi connectivity index (χ0) is 15.7. The van der Waals surface area contributed by atoms with Crippen LogP contribution < -0.4 is 10.5 Å². The standard InChI is InChI=1S/C15H13ClFNO3/c1-7-5-9(6-8(2)13(7)16)21-11-4-3-10(17)14(18)12(11)15(19)20/h3-6H,18H2,1-2H3,(H,19,20). The smallest absolute Gasteiger partial charge is 0.341 e. The van der Waals surface area contributed by atoms with E-state index in [0.717, 1.165) is 17.2 Å². The molecule has 2 aromatic rings. The predicted molar refractivity (Wildman–Crippen MR) is 78.8 cm³/mol. The molecule has 0 bridgehead atoms. The molecule has 0 unspecified atom stereocenters. The Kier molecular flexibility index (Phi) is 4.04. The zero-order valence-corrected chi connectivity index (χ0v) is 12.2. The summed E-state index contributed by atoms with van der Waals surface area (Å²) in [5.41, 5.74) is 6.19. The van der Waals surface area contributed by atoms with Crippen molar-refractivity contribution in [2.24, 2.45) is 0 Å². The van der Waals surface area contributed by atoms with Crippen LogP contribution in [0.2, 0.25) is 5.02 Å². The molecule has 3 N–H and O–H groups in total. The lowest BCUT2D eigenvalue weighted by Crippen LogP contribution is -2.07. The summed E-state index contributed by atoms with van der Waals surface area (Å²) in [4.78, 5) is 11.2. The highest BCUT2D eigenvalue weighted by molar-refractivity contribution is 6.32. The first-order chi connectivity index (χ1) is 9.81. The van der Waals surface area contributed by atoms with E-state index in [4.69, 9.17) is 27.2 Å². The number of anilines is 1. The molecule has 0 saturated carbocycles. The molecule has 0 aromatic heterocycles. The van der Waals surface area contributed by atoms with Crippen LogP contribution in [0.3, 0.4) is 0 Å². The van der Waals surface area contributed by atoms with Crippen LogP contribution in [0.25, 0.3) is 0 Å². The first kappa shape index (κ1) is 15.1. The number of nitrogens with two attached hydrogens (primary N) is 1. The van der Waals surface area contributed by atoms with E-state index >= 15 is 0 Å². The molecule has 0 radical (unpaired) electrons. The molecule has 4 nitrogen and oxygen atoms in total. The Morgan fingerprint density at radius 1 is 1.29 bits per heavy atom. The van der Waals surface area contributed by atoms with Crippen LogP contribution in [0.5, 0.6) is 11.5 Å². The Labute approximate surface area is 125 Å². The first-order valence-electron chi connectivity index (χ1n) is 6.07. The van der Waals surface area contributed by atoms with Gasteiger partial charge in [-0.2, -0.15) is 0 Å². The summed E-state index contributed by atoms with van der Waals surface area (Å²) in [6.45, 7) is 3.61. The van der Waals surface area contributed by atoms with Gasteiger partial charge in [-0.3, -0.25) is 0 Å². The van der Waals surface area contributed by atoms with Crippen molar-refractivity contribution in [1.82, 2.24) is 0 Å². The fraction of sp³-hybridized carbons (Fsp3) is 0.133. The van der Waals surface area contributed by atoms with Gasteiger partial charge in [-0.15, -0.1) is 0 Å². The second kappa shape index (κ2) is 5.61. The monoisotopic (exact) mass is 309 g/mol. The number of aromatic carboxylic acids is 1. The predicted octanol–water partition coefficient (Wildman–Crippen LogP) is 4.17. The minimum Gasteiger partial charge on any atom is -0.477 e. The van der Waals surface area contributed by atoms with Crippen molar-refractivity contribution >= 4 is 23.3 Å². The number of benzene rings is 2. The van der Waals surface area contributed by atoms with Gasteiger partial charge in [0.15, 0.2) is 0 Å². The molecule has 21 heavy (non-hydrogen) atoms. The van der Waals surface area contributed by atoms with E-state index in [1.807, 2.05) is 0 Å². The molecular weight excluding hydrogens is 297 g/mol. The molecule has 2 aromatic carbocycles. The highest BCUT2D eigenvalue weighted by Gasteiger charge is 2.19. The Balaban J connectivity index is 2.50. The van der Waals surface area contributed by atoms with Gasteiger partial charge in [0.05, 0.1) is 5.69 Å². The van der Waals surface area contributed by atoms with Crippen LogP contribution in [0, 0.1) is 19.7 Å². The number of nitrogen functional groups attached to an aromatic ring is 1. The number of carboxylic acid groups (broad SMARTS) is 1. The van der Waals surface area contributed by atoms with Crippen molar-refractivity contribution in [1.29, 1.82) is 0 Å². The van der Waals surface area contributed by atoms with E-state index in [0.29, 0.717) is 10.8 Å². The SMILES string of the molecule is Cc1cc(Oc2ccc(F)c(N)c2C(=O)O)cc(C)c1Cl. The van der Waals surface area contributed by atoms with Gasteiger partial charge in [0.25, 0.3) is 0 Å². The van der Waals surface area contributed by atoms with Crippen LogP contribution in [-0.4, -0.2) is 11.1 Å². The molecule has 0 heterocycles. The van der Waals surface area contributed by atoms with Gasteiger partial charge in [0.1, 0.15) is 22.9 Å². The number of halogens is 2. The molecule has 0 spiro atoms. The average Bonchev–Trinajstić information content (AvgIpc) is 2.40. The summed E-state index contributed by atoms with van der Waals surface area (Å²) in [6.07, 6.45) is 0. The lowest BCUT2D eigenvalue weighted by atomic mass is 10.1. The summed E-state index contributed by atoms with van der Waals surface area (Å²) in [5, 5.41) is 9.77. The number of carboxylic acids is 1. The maximum absolute atomic E-state index is 13.4. The molecule has 6 heteroatoms. The van der Waals surface area contributed by atoms with Gasteiger partial charge in [0, 0.05) is 5.02 Å². The van der Waals surface area contributed by atoms with Crippen molar-refractivity contribution in [2.45, 2.75) is 13.8 Å². The normalized spacial score (nSPS) is 10.5. The number of hydrogen-bond acceptors (Lipinski definition) is 3. The Bertz CT molecular complexity index is 708. The Hall–Kier alpha value is -2.27. The van der Waals surface area contributed by atoms with E-state index in [-0.39, 0.29) is 5.75 Å². The number of rotatable bonds is 3. The van der Waals surface area contributed by atoms with E-state index in [2.05, 4.69) is 0 Å². The van der Waals surface area contributed by atoms with E-state index in [9.17, 15) is 9.18 Å². The first-order valence-corrected chi connectivity index (χ1v) is 6.45. The summed E-state index contributed by atoms with van der Waals surface area (Å²) in [6, 6.07) is 5.63. The summed E-state index contributed by atoms with van der Waals surface area (Å²) in [7, 11) is 0. The highest BCUT2D eigenvalue weighted by Crippen LogP contribution is 2.33. The van der Waals surface area contributed by atoms with Crippen molar-refractivity contribution in [2.75, 3.05) is 5.73 Å². The van der Waals surface area contributed by atoms with Gasteiger partial charge in [-0.1, -0.05) is 11.6 Å². The van der Waals surface area contributed by atoms with Crippen LogP contribution in [0.15, 0.2) is 24.3 Å². The Morgan fingerprint density at radius 2 is 1.86 bits per heavy atom. The van der Waals surface area contributed by atoms with Gasteiger partial charge in [0.2, 0.25) is 0 Å². The summed E-state index contributed by atoms with van der Waals surface area (Å²) < 4.78 is 18.9. The fourth-order valence-corrected chi connectivity index (χ4v) is 2.08. The molecule has 0 saturated heterocycles. The second-order valence-corrected chi connectivity index (χ2v) is 4.99. The van der Waals surface area contributed by atoms with Crippen LogP contribution in [-0.2, 0) is 0 Å². The molecule has 2 rings (SSSR count). The number of carbonyl (C=O) groups is 1. The van der Waals surface area contributed by atoms with Crippen molar-refractivity contribution < 1.29 is 19.0 Å². The van der Waals surface area contributed by atoms with Crippen LogP contribution in [0.1, 0.15) is 21.5 Å². The summed E-state index contributed by atoms with van der Waals surface area (Å²) >= 11 is 6.06. The van der Waals surface area contributed by atoms with Gasteiger partial charge in [-0.25, -0.2) is 9.18 Å². The number of ether oxygens (including phenoxy) is 1. The van der Waals surface area contributed by atoms with Crippen molar-refractivity contribution in [3.63, 3.8) is 0 Å². The topological polar surface area (TPSA) is 72.5 Å². The second-order valence-electron chi connectivity index (χ2n) is 4.61. The molecular formula is C15H13ClFNO3. The van der Waals surface area contributed by atoms with Crippen molar-refractivity contribution in [3.05, 3.63) is 51.8 Å². The Morgan fingerprint density at radius 3 is 2.38 bits per heavy atom. The molecule has 0 fully saturated rings. The molecule has 0 aliphatic rings. The van der Waals surface area contributed by atoms with Crippen LogP contribution >= 0.6 is 11.6 Å². The zero-order valence-electron chi connectivity index (χ0n) is 11.4. The van der Waals surface area contributed by atoms with Gasteiger partial charge >= 0.3 is 5.97 Å². The average molecular weight is 310 g/mol. The lowest BCUT2D eigenvalue weighted by Gasteiger charge is -2.13. The third-order valence-corrected chi connectivity index (χ3v) is 3.60. The minimum absolute atomic E-state index is 0.0254. The molecule has 0 aliphatic heterocycles. The third-order valence-electron chi connectivity index (χ3n) is 3.01. The molecule has 0 amide bonds. The van der Waals surface area contributed by atoms with Gasteiger partial charge in [-0.05, 0) is 49.2 Å². The fourth-order valence-electron chi connectivity index (χ4n) is 1.97. The van der Waals surface area contributed by atoms with Crippen molar-refractivity contribution in [3.8, 4) is 11.5 Å². The number of hydrogen-bond donors (Lipinski definition) is 2. The van der Waals surface area contributed by atoms with Crippen LogP contribution in [0.4, 0.5) is 10.1 Å². The molecule has 0 atom stereocenters. The number of aryl methyl sites for hydroxylation is 2. The molecule has 110 valence electrons. The quantitative estimate of drug-likeness (QED) is 0.835. The maximum Gasteiger partial charge on any atom is 0.341 e. The maximum atomic E-state index is 13.4. The largest absolute Gasteiger partial charge is 0.477 e. The van der Waals surface area contributed by atoms with Gasteiger partial charge < -0.3 is 15.6 Å². The summed E-state index contributed by atoms with van der Waals surface area (Å²) in [5.74, 6) is -1.78. The minimum atomic E-state index is -1.36. The van der Waals surface area contributed by atoms with E-state index in [1.165, 1.54) is 6.07 Å². The van der Waals surface area contributed by atoms with E-state index in [1.54, 1.807) is 26.0 Å². The third kappa shape index (κ3) is 2.92. The van der Waals surface area contributed by atoms with E-state index < -0.39 is 23.0 Å².